The van der Waals surface area contributed by atoms with E-state index in [9.17, 15) is 18.3 Å². The van der Waals surface area contributed by atoms with Crippen molar-refractivity contribution in [3.8, 4) is 17.1 Å². The Morgan fingerprint density at radius 2 is 1.79 bits per heavy atom. The van der Waals surface area contributed by atoms with E-state index >= 15 is 0 Å². The number of carboxylic acids is 1. The van der Waals surface area contributed by atoms with Crippen LogP contribution in [-0.4, -0.2) is 42.1 Å². The third kappa shape index (κ3) is 8.54. The molecule has 1 aliphatic rings. The molecule has 1 heterocycles. The molecule has 2 aromatic carbocycles. The second-order valence-corrected chi connectivity index (χ2v) is 14.6. The van der Waals surface area contributed by atoms with Crippen molar-refractivity contribution in [3.63, 3.8) is 0 Å². The molecule has 0 amide bonds. The molecule has 0 radical (unpaired) electrons. The minimum absolute atomic E-state index is 0.00904. The van der Waals surface area contributed by atoms with Crippen LogP contribution in [0.5, 0.6) is 5.88 Å². The molecule has 9 nitrogen and oxygen atoms in total. The van der Waals surface area contributed by atoms with Crippen LogP contribution in [0.3, 0.4) is 0 Å². The first-order valence-electron chi connectivity index (χ1n) is 15.0. The van der Waals surface area contributed by atoms with Gasteiger partial charge >= 0.3 is 5.97 Å². The van der Waals surface area contributed by atoms with Crippen molar-refractivity contribution in [3.05, 3.63) is 64.7 Å². The summed E-state index contributed by atoms with van der Waals surface area (Å²) in [6.45, 7) is 10.4. The lowest BCUT2D eigenvalue weighted by atomic mass is 9.82. The number of benzene rings is 2. The predicted octanol–water partition coefficient (Wildman–Crippen LogP) is 6.52. The summed E-state index contributed by atoms with van der Waals surface area (Å²) in [7, 11) is -4.21. The first kappa shape index (κ1) is 32.4. The molecule has 0 saturated heterocycles. The normalized spacial score (nSPS) is 15.2. The Balaban J connectivity index is 1.77. The molecule has 0 spiro atoms. The van der Waals surface area contributed by atoms with Gasteiger partial charge in [0, 0.05) is 17.2 Å². The molecule has 1 aliphatic carbocycles. The van der Waals surface area contributed by atoms with E-state index in [0.29, 0.717) is 17.2 Å². The molecule has 0 aliphatic heterocycles. The van der Waals surface area contributed by atoms with E-state index < -0.39 is 16.0 Å². The van der Waals surface area contributed by atoms with E-state index in [0.717, 1.165) is 35.6 Å². The smallest absolute Gasteiger partial charge is 0.335 e. The maximum absolute atomic E-state index is 13.4. The number of aromatic nitrogens is 2. The predicted molar refractivity (Wildman–Crippen MR) is 169 cm³/mol. The summed E-state index contributed by atoms with van der Waals surface area (Å²) in [5, 5.41) is 9.37. The first-order chi connectivity index (χ1) is 20.2. The van der Waals surface area contributed by atoms with Gasteiger partial charge in [-0.3, -0.25) is 0 Å². The van der Waals surface area contributed by atoms with Gasteiger partial charge in [-0.15, -0.1) is 0 Å². The van der Waals surface area contributed by atoms with Crippen molar-refractivity contribution in [2.24, 2.45) is 17.1 Å². The van der Waals surface area contributed by atoms with E-state index in [2.05, 4.69) is 42.6 Å². The maximum atomic E-state index is 13.4. The van der Waals surface area contributed by atoms with Gasteiger partial charge in [0.1, 0.15) is 6.61 Å². The lowest BCUT2D eigenvalue weighted by Gasteiger charge is -2.25. The SMILES string of the molecule is Cc1cccc(CC2CCCCC2)c1-c1nc(NS(=O)(=O)c2cccc(C(=O)O)c2)nc(OC[C@H](N)CC(C)(C)C)c1C. The molecule has 1 fully saturated rings. The zero-order chi connectivity index (χ0) is 31.4. The van der Waals surface area contributed by atoms with Crippen molar-refractivity contribution in [1.82, 2.24) is 9.97 Å². The molecule has 10 heteroatoms. The molecule has 3 aromatic rings. The summed E-state index contributed by atoms with van der Waals surface area (Å²) in [5.74, 6) is -0.550. The molecular weight excluding hydrogens is 564 g/mol. The Morgan fingerprint density at radius 3 is 2.47 bits per heavy atom. The third-order valence-corrected chi connectivity index (χ3v) is 9.18. The van der Waals surface area contributed by atoms with Gasteiger partial charge in [-0.25, -0.2) is 22.9 Å². The molecule has 43 heavy (non-hydrogen) atoms. The molecule has 4 N–H and O–H groups in total. The van der Waals surface area contributed by atoms with Crippen LogP contribution in [-0.2, 0) is 16.4 Å². The fourth-order valence-electron chi connectivity index (χ4n) is 5.87. The second-order valence-electron chi connectivity index (χ2n) is 12.9. The van der Waals surface area contributed by atoms with Gasteiger partial charge in [-0.05, 0) is 67.3 Å². The van der Waals surface area contributed by atoms with Gasteiger partial charge < -0.3 is 15.6 Å². The number of sulfonamides is 1. The Labute approximate surface area is 255 Å². The van der Waals surface area contributed by atoms with Gasteiger partial charge in [-0.1, -0.05) is 77.1 Å². The van der Waals surface area contributed by atoms with E-state index in [1.807, 2.05) is 19.9 Å². The Kier molecular flexibility index (Phi) is 10.1. The number of nitrogens with two attached hydrogens (primary N) is 1. The maximum Gasteiger partial charge on any atom is 0.335 e. The van der Waals surface area contributed by atoms with Crippen molar-refractivity contribution in [2.45, 2.75) is 90.5 Å². The zero-order valence-electron chi connectivity index (χ0n) is 25.8. The van der Waals surface area contributed by atoms with E-state index in [-0.39, 0.29) is 40.4 Å². The molecule has 232 valence electrons. The highest BCUT2D eigenvalue weighted by Gasteiger charge is 2.25. The summed E-state index contributed by atoms with van der Waals surface area (Å²) < 4.78 is 35.4. The van der Waals surface area contributed by atoms with Crippen LogP contribution in [0.1, 0.15) is 86.3 Å². The summed E-state index contributed by atoms with van der Waals surface area (Å²) in [6.07, 6.45) is 7.77. The first-order valence-corrected chi connectivity index (χ1v) is 16.4. The van der Waals surface area contributed by atoms with Crippen LogP contribution in [0.15, 0.2) is 47.4 Å². The monoisotopic (exact) mass is 608 g/mol. The number of hydrogen-bond acceptors (Lipinski definition) is 7. The minimum Gasteiger partial charge on any atom is -0.478 e. The average molecular weight is 609 g/mol. The van der Waals surface area contributed by atoms with Crippen LogP contribution >= 0.6 is 0 Å². The van der Waals surface area contributed by atoms with Gasteiger partial charge in [-0.2, -0.15) is 4.98 Å². The number of carboxylic acid groups (broad SMARTS) is 1. The number of rotatable bonds is 11. The highest BCUT2D eigenvalue weighted by atomic mass is 32.2. The lowest BCUT2D eigenvalue weighted by molar-refractivity contribution is 0.0696. The standard InChI is InChI=1S/C33H44N4O5S/c1-21-11-9-14-24(17-23-12-7-6-8-13-23)28(21)29-22(2)30(42-20-26(34)19-33(3,4)5)36-32(35-29)37-43(40,41)27-16-10-15-25(18-27)31(38)39/h9-11,14-16,18,23,26H,6-8,12-13,17,19-20,34H2,1-5H3,(H,38,39)(H,35,36,37)/t26-/m1/s1. The molecule has 0 unspecified atom stereocenters. The number of nitrogens with one attached hydrogen (secondary N) is 1. The van der Waals surface area contributed by atoms with Gasteiger partial charge in [0.25, 0.3) is 10.0 Å². The fraction of sp³-hybridized carbons (Fsp3) is 0.485. The van der Waals surface area contributed by atoms with E-state index in [1.54, 1.807) is 0 Å². The Hall–Kier alpha value is -3.50. The number of nitrogens with zero attached hydrogens (tertiary/aromatic N) is 2. The summed E-state index contributed by atoms with van der Waals surface area (Å²) in [4.78, 5) is 20.5. The summed E-state index contributed by atoms with van der Waals surface area (Å²) >= 11 is 0. The lowest BCUT2D eigenvalue weighted by Crippen LogP contribution is -2.32. The number of anilines is 1. The summed E-state index contributed by atoms with van der Waals surface area (Å²) in [6, 6.07) is 11.1. The fourth-order valence-corrected chi connectivity index (χ4v) is 6.86. The molecule has 4 rings (SSSR count). The van der Waals surface area contributed by atoms with Crippen molar-refractivity contribution in [2.75, 3.05) is 11.3 Å². The second kappa shape index (κ2) is 13.4. The average Bonchev–Trinajstić information content (AvgIpc) is 2.93. The van der Waals surface area contributed by atoms with Crippen molar-refractivity contribution < 1.29 is 23.1 Å². The molecule has 1 atom stereocenters. The number of aryl methyl sites for hydroxylation is 1. The summed E-state index contributed by atoms with van der Waals surface area (Å²) in [5.41, 5.74) is 10.7. The highest BCUT2D eigenvalue weighted by Crippen LogP contribution is 2.37. The number of carbonyl (C=O) groups is 1. The molecule has 1 saturated carbocycles. The van der Waals surface area contributed by atoms with Crippen molar-refractivity contribution >= 4 is 21.9 Å². The number of aromatic carboxylic acids is 1. The van der Waals surface area contributed by atoms with Gasteiger partial charge in [0.05, 0.1) is 16.2 Å². The molecule has 1 aromatic heterocycles. The van der Waals surface area contributed by atoms with Gasteiger partial charge in [0.2, 0.25) is 11.8 Å². The third-order valence-electron chi connectivity index (χ3n) is 7.86. The van der Waals surface area contributed by atoms with Crippen molar-refractivity contribution in [1.29, 1.82) is 0 Å². The molecule has 0 bridgehead atoms. The van der Waals surface area contributed by atoms with Crippen LogP contribution < -0.4 is 15.2 Å². The van der Waals surface area contributed by atoms with E-state index in [1.165, 1.54) is 50.3 Å². The van der Waals surface area contributed by atoms with Gasteiger partial charge in [0.15, 0.2) is 0 Å². The van der Waals surface area contributed by atoms with Crippen LogP contribution in [0, 0.1) is 25.2 Å². The largest absolute Gasteiger partial charge is 0.478 e. The highest BCUT2D eigenvalue weighted by molar-refractivity contribution is 7.92. The number of ether oxygens (including phenoxy) is 1. The van der Waals surface area contributed by atoms with Crippen LogP contribution in [0.25, 0.3) is 11.3 Å². The van der Waals surface area contributed by atoms with E-state index in [4.69, 9.17) is 15.5 Å². The van der Waals surface area contributed by atoms with Crippen LogP contribution in [0.4, 0.5) is 5.95 Å². The minimum atomic E-state index is -4.21. The quantitative estimate of drug-likeness (QED) is 0.223. The molecular formula is C33H44N4O5S. The Morgan fingerprint density at radius 1 is 1.09 bits per heavy atom. The zero-order valence-corrected chi connectivity index (χ0v) is 26.6. The Bertz CT molecular complexity index is 1560. The topological polar surface area (TPSA) is 144 Å². The van der Waals surface area contributed by atoms with Crippen LogP contribution in [0.2, 0.25) is 0 Å². The number of hydrogen-bond donors (Lipinski definition) is 3.